The van der Waals surface area contributed by atoms with Crippen molar-refractivity contribution in [2.24, 2.45) is 0 Å². The molecule has 0 saturated heterocycles. The Morgan fingerprint density at radius 1 is 1.23 bits per heavy atom. The molecule has 0 fully saturated rings. The van der Waals surface area contributed by atoms with E-state index in [1.807, 2.05) is 0 Å². The van der Waals surface area contributed by atoms with Gasteiger partial charge in [0.1, 0.15) is 21.6 Å². The quantitative estimate of drug-likeness (QED) is 0.295. The third-order valence-electron chi connectivity index (χ3n) is 4.58. The highest BCUT2D eigenvalue weighted by atomic mass is 35.5. The molecule has 0 N–H and O–H groups in total. The first-order valence-electron chi connectivity index (χ1n) is 8.99. The molecule has 0 amide bonds. The number of sulfonamides is 1. The molecule has 0 radical (unpaired) electrons. The zero-order valence-electron chi connectivity index (χ0n) is 15.9. The molecule has 1 aliphatic rings. The van der Waals surface area contributed by atoms with Crippen LogP contribution >= 0.6 is 11.6 Å². The van der Waals surface area contributed by atoms with Gasteiger partial charge in [0.25, 0.3) is 5.69 Å². The minimum Gasteiger partial charge on any atom is -0.468 e. The maximum atomic E-state index is 13.4. The summed E-state index contributed by atoms with van der Waals surface area (Å²) in [6.07, 6.45) is 2.58. The van der Waals surface area contributed by atoms with Gasteiger partial charge in [-0.3, -0.25) is 10.1 Å². The summed E-state index contributed by atoms with van der Waals surface area (Å²) in [5.41, 5.74) is 0.620. The van der Waals surface area contributed by atoms with Crippen LogP contribution in [0.15, 0.2) is 58.2 Å². The number of benzene rings is 1. The molecule has 12 heteroatoms. The van der Waals surface area contributed by atoms with Crippen molar-refractivity contribution in [3.8, 4) is 5.75 Å². The maximum absolute atomic E-state index is 13.4. The van der Waals surface area contributed by atoms with E-state index in [1.54, 1.807) is 12.1 Å². The van der Waals surface area contributed by atoms with Crippen molar-refractivity contribution in [3.63, 3.8) is 0 Å². The summed E-state index contributed by atoms with van der Waals surface area (Å²) in [6.45, 7) is -0.221. The lowest BCUT2D eigenvalue weighted by Crippen LogP contribution is -2.31. The molecule has 0 aliphatic carbocycles. The van der Waals surface area contributed by atoms with Crippen LogP contribution in [-0.2, 0) is 34.5 Å². The van der Waals surface area contributed by atoms with Gasteiger partial charge in [0.15, 0.2) is 6.79 Å². The fourth-order valence-electron chi connectivity index (χ4n) is 3.16. The van der Waals surface area contributed by atoms with Crippen molar-refractivity contribution >= 4 is 27.3 Å². The molecule has 0 spiro atoms. The summed E-state index contributed by atoms with van der Waals surface area (Å²) >= 11 is 5.79. The number of nitro benzene ring substituents is 1. The predicted octanol–water partition coefficient (Wildman–Crippen LogP) is 3.49. The Bertz CT molecular complexity index is 1200. The SMILES string of the molecule is O=[N+]([O-])c1cc2c(c(CN(Cc3ccco3)S(=O)(=O)c3ccc(Cl)nc3)c1)OCOC2. The van der Waals surface area contributed by atoms with Gasteiger partial charge in [-0.2, -0.15) is 4.31 Å². The van der Waals surface area contributed by atoms with Crippen LogP contribution in [0.2, 0.25) is 5.15 Å². The number of hydrogen-bond donors (Lipinski definition) is 0. The van der Waals surface area contributed by atoms with Crippen molar-refractivity contribution in [3.05, 3.63) is 81.0 Å². The van der Waals surface area contributed by atoms with Gasteiger partial charge in [-0.15, -0.1) is 0 Å². The summed E-state index contributed by atoms with van der Waals surface area (Å²) in [4.78, 5) is 14.6. The van der Waals surface area contributed by atoms with E-state index in [1.165, 1.54) is 30.5 Å². The third kappa shape index (κ3) is 4.54. The van der Waals surface area contributed by atoms with Gasteiger partial charge in [0.05, 0.1) is 24.3 Å². The first-order valence-corrected chi connectivity index (χ1v) is 10.8. The largest absolute Gasteiger partial charge is 0.468 e. The molecule has 1 aliphatic heterocycles. The van der Waals surface area contributed by atoms with Crippen LogP contribution < -0.4 is 4.74 Å². The summed E-state index contributed by atoms with van der Waals surface area (Å²) in [5.74, 6) is 0.764. The normalized spacial score (nSPS) is 13.6. The van der Waals surface area contributed by atoms with Crippen molar-refractivity contribution < 1.29 is 27.2 Å². The van der Waals surface area contributed by atoms with Crippen LogP contribution in [0, 0.1) is 10.1 Å². The number of fused-ring (bicyclic) bond motifs is 1. The molecule has 31 heavy (non-hydrogen) atoms. The minimum atomic E-state index is -4.06. The first-order chi connectivity index (χ1) is 14.8. The Morgan fingerprint density at radius 2 is 2.06 bits per heavy atom. The standard InChI is InChI=1S/C19H16ClN3O7S/c20-18-4-3-17(8-21-18)31(26,27)22(10-16-2-1-5-29-16)9-13-6-15(23(24)25)7-14-11-28-12-30-19(13)14/h1-8H,9-12H2. The summed E-state index contributed by atoms with van der Waals surface area (Å²) in [7, 11) is -4.06. The van der Waals surface area contributed by atoms with E-state index in [0.717, 1.165) is 10.5 Å². The predicted molar refractivity (Wildman–Crippen MR) is 108 cm³/mol. The lowest BCUT2D eigenvalue weighted by molar-refractivity contribution is -0.385. The number of ether oxygens (including phenoxy) is 2. The van der Waals surface area contributed by atoms with Crippen LogP contribution in [0.3, 0.4) is 0 Å². The van der Waals surface area contributed by atoms with E-state index < -0.39 is 14.9 Å². The summed E-state index contributed by atoms with van der Waals surface area (Å²) in [6, 6.07) is 8.64. The fraction of sp³-hybridized carbons (Fsp3) is 0.211. The van der Waals surface area contributed by atoms with E-state index >= 15 is 0 Å². The van der Waals surface area contributed by atoms with Gasteiger partial charge in [0, 0.05) is 36.0 Å². The molecule has 0 atom stereocenters. The zero-order valence-corrected chi connectivity index (χ0v) is 17.5. The Balaban J connectivity index is 1.77. The zero-order chi connectivity index (χ0) is 22.0. The van der Waals surface area contributed by atoms with Crippen LogP contribution in [0.4, 0.5) is 5.69 Å². The van der Waals surface area contributed by atoms with Gasteiger partial charge < -0.3 is 13.9 Å². The Labute approximate surface area is 182 Å². The molecular weight excluding hydrogens is 450 g/mol. The number of furan rings is 1. The average Bonchev–Trinajstić information content (AvgIpc) is 3.26. The van der Waals surface area contributed by atoms with Gasteiger partial charge in [-0.1, -0.05) is 11.6 Å². The van der Waals surface area contributed by atoms with Gasteiger partial charge in [-0.25, -0.2) is 13.4 Å². The molecule has 0 bridgehead atoms. The van der Waals surface area contributed by atoms with Gasteiger partial charge in [-0.05, 0) is 24.3 Å². The Kier molecular flexibility index (Phi) is 5.92. The van der Waals surface area contributed by atoms with E-state index in [-0.39, 0.29) is 42.2 Å². The Hall–Kier alpha value is -2.99. The molecule has 0 unspecified atom stereocenters. The highest BCUT2D eigenvalue weighted by molar-refractivity contribution is 7.89. The molecule has 10 nitrogen and oxygen atoms in total. The van der Waals surface area contributed by atoms with Crippen LogP contribution in [0.5, 0.6) is 5.75 Å². The lowest BCUT2D eigenvalue weighted by atomic mass is 10.1. The molecule has 3 aromatic rings. The molecule has 3 heterocycles. The monoisotopic (exact) mass is 465 g/mol. The van der Waals surface area contributed by atoms with Crippen LogP contribution in [0.1, 0.15) is 16.9 Å². The molecule has 1 aromatic carbocycles. The number of pyridine rings is 1. The molecule has 2 aromatic heterocycles. The number of hydrogen-bond acceptors (Lipinski definition) is 8. The third-order valence-corrected chi connectivity index (χ3v) is 6.58. The number of aromatic nitrogens is 1. The number of halogens is 1. The number of non-ortho nitro benzene ring substituents is 1. The fourth-order valence-corrected chi connectivity index (χ4v) is 4.60. The molecule has 0 saturated carbocycles. The second-order valence-electron chi connectivity index (χ2n) is 6.63. The highest BCUT2D eigenvalue weighted by Gasteiger charge is 2.29. The molecular formula is C19H16ClN3O7S. The van der Waals surface area contributed by atoms with Crippen LogP contribution in [0.25, 0.3) is 0 Å². The first kappa shape index (κ1) is 21.2. The highest BCUT2D eigenvalue weighted by Crippen LogP contribution is 2.34. The maximum Gasteiger partial charge on any atom is 0.270 e. The number of nitrogens with zero attached hydrogens (tertiary/aromatic N) is 3. The van der Waals surface area contributed by atoms with Crippen LogP contribution in [-0.4, -0.2) is 29.4 Å². The van der Waals surface area contributed by atoms with E-state index in [2.05, 4.69) is 4.98 Å². The van der Waals surface area contributed by atoms with E-state index in [4.69, 9.17) is 25.5 Å². The number of rotatable bonds is 7. The second-order valence-corrected chi connectivity index (χ2v) is 8.96. The van der Waals surface area contributed by atoms with E-state index in [9.17, 15) is 18.5 Å². The van der Waals surface area contributed by atoms with E-state index in [0.29, 0.717) is 22.6 Å². The summed E-state index contributed by atoms with van der Waals surface area (Å²) < 4.78 is 43.9. The van der Waals surface area contributed by atoms with Crippen molar-refractivity contribution in [1.82, 2.24) is 9.29 Å². The number of nitro groups is 1. The van der Waals surface area contributed by atoms with Gasteiger partial charge in [0.2, 0.25) is 10.0 Å². The van der Waals surface area contributed by atoms with Crippen molar-refractivity contribution in [2.75, 3.05) is 6.79 Å². The topological polar surface area (TPSA) is 125 Å². The minimum absolute atomic E-state index is 0.0378. The van der Waals surface area contributed by atoms with Crippen molar-refractivity contribution in [2.45, 2.75) is 24.6 Å². The average molecular weight is 466 g/mol. The second kappa shape index (κ2) is 8.63. The smallest absolute Gasteiger partial charge is 0.270 e. The summed E-state index contributed by atoms with van der Waals surface area (Å²) in [5, 5.41) is 11.5. The Morgan fingerprint density at radius 3 is 2.74 bits per heavy atom. The lowest BCUT2D eigenvalue weighted by Gasteiger charge is -2.25. The molecule has 4 rings (SSSR count). The van der Waals surface area contributed by atoms with Gasteiger partial charge >= 0.3 is 0 Å². The van der Waals surface area contributed by atoms with Crippen molar-refractivity contribution in [1.29, 1.82) is 0 Å². The molecule has 162 valence electrons.